The van der Waals surface area contributed by atoms with Crippen molar-refractivity contribution in [3.63, 3.8) is 0 Å². The van der Waals surface area contributed by atoms with E-state index in [-0.39, 0.29) is 30.7 Å². The van der Waals surface area contributed by atoms with Crippen LogP contribution >= 0.6 is 0 Å². The molecule has 222 valence electrons. The molecule has 2 aliphatic rings. The molecule has 0 aliphatic carbocycles. The van der Waals surface area contributed by atoms with Crippen LogP contribution in [0.3, 0.4) is 0 Å². The van der Waals surface area contributed by atoms with Gasteiger partial charge in [-0.05, 0) is 44.0 Å². The van der Waals surface area contributed by atoms with Crippen LogP contribution in [0.4, 0.5) is 4.39 Å². The molecule has 0 unspecified atom stereocenters. The Morgan fingerprint density at radius 3 is 2.56 bits per heavy atom. The topological polar surface area (TPSA) is 131 Å². The van der Waals surface area contributed by atoms with Crippen LogP contribution in [0.5, 0.6) is 5.75 Å². The molecule has 2 aromatic rings. The summed E-state index contributed by atoms with van der Waals surface area (Å²) >= 11 is 0. The Morgan fingerprint density at radius 2 is 1.83 bits per heavy atom. The molecule has 4 N–H and O–H groups in total. The number of benzene rings is 2. The first-order chi connectivity index (χ1) is 19.7. The third-order valence-corrected chi connectivity index (χ3v) is 7.69. The maximum absolute atomic E-state index is 14.5. The normalized spacial score (nSPS) is 20.8. The molecule has 11 heteroatoms. The number of likely N-dealkylation sites (tertiary alicyclic amines) is 1. The Morgan fingerprint density at radius 1 is 1.10 bits per heavy atom. The zero-order valence-electron chi connectivity index (χ0n) is 23.3. The van der Waals surface area contributed by atoms with Gasteiger partial charge in [-0.3, -0.25) is 19.3 Å². The summed E-state index contributed by atoms with van der Waals surface area (Å²) in [5.74, 6) is -1.93. The second-order valence-electron chi connectivity index (χ2n) is 10.6. The largest absolute Gasteiger partial charge is 0.508 e. The maximum Gasteiger partial charge on any atom is 0.254 e. The van der Waals surface area contributed by atoms with Crippen molar-refractivity contribution >= 4 is 17.7 Å². The van der Waals surface area contributed by atoms with E-state index in [2.05, 4.69) is 15.5 Å². The van der Waals surface area contributed by atoms with E-state index in [1.54, 1.807) is 31.2 Å². The van der Waals surface area contributed by atoms with Gasteiger partial charge in [0.25, 0.3) is 11.8 Å². The predicted octanol–water partition coefficient (Wildman–Crippen LogP) is 1.18. The van der Waals surface area contributed by atoms with Gasteiger partial charge in [-0.25, -0.2) is 4.39 Å². The number of nitrogens with one attached hydrogen (secondary N) is 2. The number of amides is 3. The standard InChI is InChI=1S/C30H39FN4O6/c1-20-23(9-5-10-26(20)36)28(38)33-24(17-21-7-3-2-4-8-21)27(37)30(40)35-19-22(31)18-25(35)29(39)32-11-6-12-34-13-15-41-16-14-34/h2-5,7-10,22,24-25,27,36-37H,6,11-19H2,1H3,(H,32,39)(H,33,38)/t22-,24+,25+,27+/m1/s1. The van der Waals surface area contributed by atoms with Gasteiger partial charge in [0.1, 0.15) is 18.0 Å². The molecule has 3 amide bonds. The summed E-state index contributed by atoms with van der Waals surface area (Å²) in [6, 6.07) is 11.4. The van der Waals surface area contributed by atoms with Gasteiger partial charge in [-0.15, -0.1) is 0 Å². The SMILES string of the molecule is Cc1c(O)cccc1C(=O)N[C@@H](Cc1ccccc1)[C@H](O)C(=O)N1C[C@H](F)C[C@H]1C(=O)NCCCN1CCOCC1. The number of hydrogen-bond donors (Lipinski definition) is 4. The van der Waals surface area contributed by atoms with E-state index < -0.39 is 42.1 Å². The van der Waals surface area contributed by atoms with Crippen LogP contribution in [0.2, 0.25) is 0 Å². The number of rotatable bonds is 11. The second-order valence-corrected chi connectivity index (χ2v) is 10.6. The Bertz CT molecular complexity index is 1190. The lowest BCUT2D eigenvalue weighted by Gasteiger charge is -2.30. The number of aromatic hydroxyl groups is 1. The molecule has 10 nitrogen and oxygen atoms in total. The van der Waals surface area contributed by atoms with E-state index >= 15 is 0 Å². The fourth-order valence-corrected chi connectivity index (χ4v) is 5.30. The first kappa shape index (κ1) is 30.4. The number of halogens is 1. The van der Waals surface area contributed by atoms with Gasteiger partial charge in [0, 0.05) is 37.2 Å². The summed E-state index contributed by atoms with van der Waals surface area (Å²) < 4.78 is 19.9. The van der Waals surface area contributed by atoms with Crippen LogP contribution in [0.25, 0.3) is 0 Å². The highest BCUT2D eigenvalue weighted by Crippen LogP contribution is 2.24. The molecule has 2 heterocycles. The smallest absolute Gasteiger partial charge is 0.254 e. The molecular weight excluding hydrogens is 531 g/mol. The summed E-state index contributed by atoms with van der Waals surface area (Å²) in [4.78, 5) is 43.0. The van der Waals surface area contributed by atoms with Gasteiger partial charge in [0.15, 0.2) is 6.10 Å². The van der Waals surface area contributed by atoms with Crippen molar-refractivity contribution in [3.8, 4) is 5.75 Å². The van der Waals surface area contributed by atoms with Crippen molar-refractivity contribution in [2.45, 2.75) is 50.5 Å². The number of phenols is 1. The van der Waals surface area contributed by atoms with Crippen LogP contribution in [-0.2, 0) is 20.7 Å². The third-order valence-electron chi connectivity index (χ3n) is 7.69. The van der Waals surface area contributed by atoms with E-state index in [0.29, 0.717) is 31.7 Å². The van der Waals surface area contributed by atoms with Gasteiger partial charge in [-0.2, -0.15) is 0 Å². The van der Waals surface area contributed by atoms with Gasteiger partial charge in [-0.1, -0.05) is 36.4 Å². The monoisotopic (exact) mass is 570 g/mol. The molecule has 0 bridgehead atoms. The zero-order valence-corrected chi connectivity index (χ0v) is 23.3. The van der Waals surface area contributed by atoms with Crippen LogP contribution in [0, 0.1) is 6.92 Å². The van der Waals surface area contributed by atoms with E-state index in [1.165, 1.54) is 18.2 Å². The van der Waals surface area contributed by atoms with Crippen molar-refractivity contribution in [1.29, 1.82) is 0 Å². The molecule has 0 spiro atoms. The van der Waals surface area contributed by atoms with E-state index in [9.17, 15) is 29.0 Å². The first-order valence-corrected chi connectivity index (χ1v) is 14.1. The van der Waals surface area contributed by atoms with Gasteiger partial charge >= 0.3 is 0 Å². The molecule has 2 aromatic carbocycles. The average Bonchev–Trinajstić information content (AvgIpc) is 3.38. The molecule has 0 aromatic heterocycles. The predicted molar refractivity (Wildman–Crippen MR) is 150 cm³/mol. The quantitative estimate of drug-likeness (QED) is 0.299. The number of carbonyl (C=O) groups excluding carboxylic acids is 3. The van der Waals surface area contributed by atoms with E-state index in [4.69, 9.17) is 4.74 Å². The highest BCUT2D eigenvalue weighted by molar-refractivity contribution is 5.97. The van der Waals surface area contributed by atoms with Crippen LogP contribution in [0.15, 0.2) is 48.5 Å². The Balaban J connectivity index is 1.43. The summed E-state index contributed by atoms with van der Waals surface area (Å²) in [5, 5.41) is 26.8. The van der Waals surface area contributed by atoms with Crippen molar-refractivity contribution in [2.75, 3.05) is 45.9 Å². The number of aliphatic hydroxyl groups is 1. The van der Waals surface area contributed by atoms with Gasteiger partial charge in [0.2, 0.25) is 5.91 Å². The summed E-state index contributed by atoms with van der Waals surface area (Å²) in [5.41, 5.74) is 1.31. The maximum atomic E-state index is 14.5. The van der Waals surface area contributed by atoms with Gasteiger partial charge in [0.05, 0.1) is 25.8 Å². The minimum absolute atomic E-state index is 0.0567. The number of ether oxygens (including phenoxy) is 1. The lowest BCUT2D eigenvalue weighted by molar-refractivity contribution is -0.146. The molecule has 4 atom stereocenters. The number of morpholine rings is 1. The van der Waals surface area contributed by atoms with Crippen molar-refractivity contribution < 1.29 is 33.7 Å². The number of alkyl halides is 1. The highest BCUT2D eigenvalue weighted by Gasteiger charge is 2.43. The van der Waals surface area contributed by atoms with Crippen molar-refractivity contribution in [1.82, 2.24) is 20.4 Å². The number of carbonyl (C=O) groups is 3. The van der Waals surface area contributed by atoms with Gasteiger partial charge < -0.3 is 30.5 Å². The van der Waals surface area contributed by atoms with Crippen LogP contribution < -0.4 is 10.6 Å². The van der Waals surface area contributed by atoms with Crippen molar-refractivity contribution in [3.05, 3.63) is 65.2 Å². The summed E-state index contributed by atoms with van der Waals surface area (Å²) in [6.07, 6.45) is -2.49. The molecule has 2 fully saturated rings. The fourth-order valence-electron chi connectivity index (χ4n) is 5.30. The Labute approximate surface area is 239 Å². The average molecular weight is 571 g/mol. The Hall–Kier alpha value is -3.54. The summed E-state index contributed by atoms with van der Waals surface area (Å²) in [6.45, 7) is 5.49. The molecule has 2 aliphatic heterocycles. The first-order valence-electron chi connectivity index (χ1n) is 14.1. The number of nitrogens with zero attached hydrogens (tertiary/aromatic N) is 2. The van der Waals surface area contributed by atoms with Crippen LogP contribution in [-0.4, -0.2) is 108 Å². The van der Waals surface area contributed by atoms with E-state index in [1.807, 2.05) is 6.07 Å². The molecular formula is C30H39FN4O6. The zero-order chi connectivity index (χ0) is 29.4. The number of aliphatic hydroxyl groups excluding tert-OH is 1. The molecule has 0 radical (unpaired) electrons. The molecule has 4 rings (SSSR count). The Kier molecular flexibility index (Phi) is 10.7. The lowest BCUT2D eigenvalue weighted by atomic mass is 9.98. The number of hydrogen-bond acceptors (Lipinski definition) is 7. The van der Waals surface area contributed by atoms with Crippen LogP contribution in [0.1, 0.15) is 34.3 Å². The van der Waals surface area contributed by atoms with E-state index in [0.717, 1.165) is 30.1 Å². The second kappa shape index (κ2) is 14.4. The fraction of sp³-hybridized carbons (Fsp3) is 0.500. The molecule has 0 saturated carbocycles. The summed E-state index contributed by atoms with van der Waals surface area (Å²) in [7, 11) is 0. The molecule has 2 saturated heterocycles. The van der Waals surface area contributed by atoms with Crippen molar-refractivity contribution in [2.24, 2.45) is 0 Å². The number of phenolic OH excluding ortho intramolecular Hbond substituents is 1. The lowest BCUT2D eigenvalue weighted by Crippen LogP contribution is -2.56. The third kappa shape index (κ3) is 8.02. The molecule has 41 heavy (non-hydrogen) atoms. The highest BCUT2D eigenvalue weighted by atomic mass is 19.1. The minimum atomic E-state index is -1.74. The minimum Gasteiger partial charge on any atom is -0.508 e.